The molecule has 0 saturated carbocycles. The van der Waals surface area contributed by atoms with Crippen LogP contribution in [0.2, 0.25) is 0 Å². The van der Waals surface area contributed by atoms with Gasteiger partial charge in [0.1, 0.15) is 11.3 Å². The van der Waals surface area contributed by atoms with Crippen molar-refractivity contribution in [2.75, 3.05) is 85.6 Å². The van der Waals surface area contributed by atoms with E-state index in [1.54, 1.807) is 7.11 Å². The second-order valence-electron chi connectivity index (χ2n) is 11.9. The van der Waals surface area contributed by atoms with Crippen LogP contribution >= 0.6 is 11.3 Å². The lowest BCUT2D eigenvalue weighted by atomic mass is 9.95. The molecule has 3 aromatic heterocycles. The first-order chi connectivity index (χ1) is 20.1. The number of aromatic nitrogens is 3. The van der Waals surface area contributed by atoms with Crippen molar-refractivity contribution in [3.63, 3.8) is 0 Å². The van der Waals surface area contributed by atoms with E-state index in [1.165, 1.54) is 59.7 Å². The van der Waals surface area contributed by atoms with Crippen LogP contribution in [0.3, 0.4) is 0 Å². The number of unbranched alkanes of at least 4 members (excludes halogenated alkanes) is 1. The van der Waals surface area contributed by atoms with E-state index in [0.717, 1.165) is 63.1 Å². The number of methoxy groups -OCH3 is 1. The lowest BCUT2D eigenvalue weighted by molar-refractivity contribution is 0.0181. The zero-order valence-corrected chi connectivity index (χ0v) is 26.2. The molecule has 41 heavy (non-hydrogen) atoms. The van der Waals surface area contributed by atoms with Crippen LogP contribution in [0.5, 0.6) is 0 Å². The van der Waals surface area contributed by atoms with Crippen molar-refractivity contribution >= 4 is 38.4 Å². The van der Waals surface area contributed by atoms with Crippen LogP contribution in [0.25, 0.3) is 21.3 Å². The summed E-state index contributed by atoms with van der Waals surface area (Å²) in [6, 6.07) is 2.32. The van der Waals surface area contributed by atoms with E-state index < -0.39 is 0 Å². The Labute approximate surface area is 249 Å². The lowest BCUT2D eigenvalue weighted by Gasteiger charge is -2.31. The predicted molar refractivity (Wildman–Crippen MR) is 168 cm³/mol. The van der Waals surface area contributed by atoms with Crippen LogP contribution in [-0.4, -0.2) is 104 Å². The van der Waals surface area contributed by atoms with Crippen LogP contribution in [0.1, 0.15) is 62.1 Å². The molecule has 228 valence electrons. The van der Waals surface area contributed by atoms with E-state index in [4.69, 9.17) is 29.9 Å². The topological polar surface area (TPSA) is 90.9 Å². The summed E-state index contributed by atoms with van der Waals surface area (Å²) in [6.45, 7) is 12.1. The smallest absolute Gasteiger partial charge is 0.152 e. The Kier molecular flexibility index (Phi) is 11.3. The quantitative estimate of drug-likeness (QED) is 0.255. The van der Waals surface area contributed by atoms with Crippen molar-refractivity contribution in [3.05, 3.63) is 16.8 Å². The summed E-state index contributed by atoms with van der Waals surface area (Å²) in [6.07, 6.45) is 8.14. The van der Waals surface area contributed by atoms with Crippen molar-refractivity contribution in [2.24, 2.45) is 5.92 Å². The van der Waals surface area contributed by atoms with Gasteiger partial charge >= 0.3 is 0 Å². The largest absolute Gasteiger partial charge is 0.382 e. The minimum Gasteiger partial charge on any atom is -0.382 e. The zero-order valence-electron chi connectivity index (χ0n) is 25.4. The molecule has 10 heteroatoms. The van der Waals surface area contributed by atoms with Gasteiger partial charge in [-0.25, -0.2) is 9.97 Å². The van der Waals surface area contributed by atoms with Crippen LogP contribution in [0, 0.1) is 5.92 Å². The number of imidazole rings is 1. The van der Waals surface area contributed by atoms with Gasteiger partial charge in [0, 0.05) is 31.5 Å². The summed E-state index contributed by atoms with van der Waals surface area (Å²) >= 11 is 1.94. The van der Waals surface area contributed by atoms with E-state index in [-0.39, 0.29) is 0 Å². The Morgan fingerprint density at radius 3 is 2.44 bits per heavy atom. The molecule has 2 saturated heterocycles. The highest BCUT2D eigenvalue weighted by molar-refractivity contribution is 7.20. The zero-order chi connectivity index (χ0) is 28.6. The van der Waals surface area contributed by atoms with E-state index >= 15 is 0 Å². The number of pyridine rings is 1. The number of hydrogen-bond donors (Lipinski definition) is 1. The molecule has 0 bridgehead atoms. The number of aryl methyl sites for hydroxylation is 1. The highest BCUT2D eigenvalue weighted by Gasteiger charge is 2.26. The molecule has 2 N–H and O–H groups in total. The number of nitrogens with zero attached hydrogens (tertiary/aromatic N) is 5. The van der Waals surface area contributed by atoms with Gasteiger partial charge in [0.05, 0.1) is 48.8 Å². The van der Waals surface area contributed by atoms with Crippen LogP contribution in [0.4, 0.5) is 5.82 Å². The summed E-state index contributed by atoms with van der Waals surface area (Å²) in [7, 11) is 3.92. The van der Waals surface area contributed by atoms with Crippen LogP contribution in [-0.2, 0) is 27.2 Å². The van der Waals surface area contributed by atoms with Gasteiger partial charge < -0.3 is 34.3 Å². The minimum atomic E-state index is 0.571. The molecule has 0 atom stereocenters. The summed E-state index contributed by atoms with van der Waals surface area (Å²) in [5.41, 5.74) is 9.75. The lowest BCUT2D eigenvalue weighted by Crippen LogP contribution is -2.35. The van der Waals surface area contributed by atoms with Crippen molar-refractivity contribution in [2.45, 2.75) is 64.3 Å². The molecule has 5 rings (SSSR count). The van der Waals surface area contributed by atoms with Gasteiger partial charge in [-0.3, -0.25) is 0 Å². The van der Waals surface area contributed by atoms with Crippen LogP contribution in [0.15, 0.2) is 6.07 Å². The Hall–Kier alpha value is -1.82. The Balaban J connectivity index is 1.26. The molecule has 3 aromatic rings. The average molecular weight is 587 g/mol. The number of nitrogen functional groups attached to an aromatic ring is 1. The first kappa shape index (κ1) is 30.6. The maximum atomic E-state index is 6.57. The maximum Gasteiger partial charge on any atom is 0.152 e. The van der Waals surface area contributed by atoms with E-state index in [0.29, 0.717) is 44.1 Å². The molecule has 0 aromatic carbocycles. The van der Waals surface area contributed by atoms with Gasteiger partial charge in [0.15, 0.2) is 5.82 Å². The van der Waals surface area contributed by atoms with Gasteiger partial charge in [0.25, 0.3) is 0 Å². The fourth-order valence-electron chi connectivity index (χ4n) is 6.27. The molecule has 0 amide bonds. The highest BCUT2D eigenvalue weighted by Crippen LogP contribution is 2.40. The number of ether oxygens (including phenoxy) is 3. The number of hydrogen-bond acceptors (Lipinski definition) is 9. The van der Waals surface area contributed by atoms with Gasteiger partial charge in [-0.2, -0.15) is 0 Å². The third-order valence-electron chi connectivity index (χ3n) is 8.86. The molecule has 9 nitrogen and oxygen atoms in total. The van der Waals surface area contributed by atoms with E-state index in [9.17, 15) is 0 Å². The van der Waals surface area contributed by atoms with E-state index in [1.807, 2.05) is 11.3 Å². The van der Waals surface area contributed by atoms with Gasteiger partial charge in [-0.1, -0.05) is 13.3 Å². The number of rotatable bonds is 15. The number of likely N-dealkylation sites (tertiary alicyclic amines) is 2. The van der Waals surface area contributed by atoms with E-state index in [2.05, 4.69) is 34.4 Å². The van der Waals surface area contributed by atoms with Gasteiger partial charge in [0.2, 0.25) is 0 Å². The number of thiophene rings is 1. The molecule has 0 spiro atoms. The summed E-state index contributed by atoms with van der Waals surface area (Å²) < 4.78 is 20.1. The average Bonchev–Trinajstić information content (AvgIpc) is 3.56. The minimum absolute atomic E-state index is 0.571. The fraction of sp³-hybridized carbons (Fsp3) is 0.742. The van der Waals surface area contributed by atoms with Crippen molar-refractivity contribution in [1.82, 2.24) is 24.3 Å². The molecular weight excluding hydrogens is 536 g/mol. The first-order valence-electron chi connectivity index (χ1n) is 15.7. The molecule has 0 aliphatic carbocycles. The summed E-state index contributed by atoms with van der Waals surface area (Å²) in [5.74, 6) is 3.02. The third-order valence-corrected chi connectivity index (χ3v) is 10.1. The van der Waals surface area contributed by atoms with Crippen molar-refractivity contribution < 1.29 is 14.2 Å². The Morgan fingerprint density at radius 1 is 0.976 bits per heavy atom. The first-order valence-corrected chi connectivity index (χ1v) is 16.5. The van der Waals surface area contributed by atoms with Crippen molar-refractivity contribution in [3.8, 4) is 0 Å². The predicted octanol–water partition coefficient (Wildman–Crippen LogP) is 4.77. The normalized spacial score (nSPS) is 18.3. The summed E-state index contributed by atoms with van der Waals surface area (Å²) in [4.78, 5) is 16.4. The number of nitrogens with two attached hydrogens (primary N) is 1. The third kappa shape index (κ3) is 7.77. The Morgan fingerprint density at radius 2 is 1.71 bits per heavy atom. The number of fused-ring (bicyclic) bond motifs is 3. The maximum absolute atomic E-state index is 6.57. The van der Waals surface area contributed by atoms with Crippen LogP contribution < -0.4 is 5.73 Å². The number of anilines is 1. The monoisotopic (exact) mass is 586 g/mol. The Bertz CT molecular complexity index is 1230. The molecule has 2 aliphatic rings. The summed E-state index contributed by atoms with van der Waals surface area (Å²) in [5, 5.41) is 0. The molecular formula is C31H50N6O3S. The molecule has 5 heterocycles. The SMILES string of the molecule is CCCCc1nc2c(N)nc3cc(C4CCN(CCOCCOCCOC)CC4)sc3c2n1CC1CCN(C)CC1. The molecule has 2 fully saturated rings. The second kappa shape index (κ2) is 15.1. The van der Waals surface area contributed by atoms with Gasteiger partial charge in [-0.05, 0) is 83.2 Å². The van der Waals surface area contributed by atoms with Gasteiger partial charge in [-0.15, -0.1) is 11.3 Å². The second-order valence-corrected chi connectivity index (χ2v) is 13.0. The molecule has 2 aliphatic heterocycles. The number of piperidine rings is 2. The standard InChI is InChI=1S/C31H50N6O3S/c1-4-5-6-27-34-28-29(37(27)22-23-7-11-35(2)12-8-23)30-25(33-31(28)32)21-26(41-30)24-9-13-36(14-10-24)15-16-39-19-20-40-18-17-38-3/h21,23-24H,4-20,22H2,1-3H3,(H2,32,33). The fourth-order valence-corrected chi connectivity index (χ4v) is 7.59. The van der Waals surface area contributed by atoms with Crippen molar-refractivity contribution in [1.29, 1.82) is 0 Å². The molecule has 0 radical (unpaired) electrons. The molecule has 0 unspecified atom stereocenters. The highest BCUT2D eigenvalue weighted by atomic mass is 32.1.